The highest BCUT2D eigenvalue weighted by molar-refractivity contribution is 7.79. The van der Waals surface area contributed by atoms with Gasteiger partial charge in [-0.25, -0.2) is 8.72 Å². The number of likely N-dealkylation sites (tertiary alicyclic amines) is 1. The molecule has 0 aliphatic carbocycles. The Hall–Kier alpha value is -2.81. The van der Waals surface area contributed by atoms with Gasteiger partial charge < -0.3 is 10.3 Å². The summed E-state index contributed by atoms with van der Waals surface area (Å²) < 4.78 is 24.0. The van der Waals surface area contributed by atoms with E-state index in [1.165, 1.54) is 0 Å². The van der Waals surface area contributed by atoms with Crippen LogP contribution >= 0.6 is 0 Å². The van der Waals surface area contributed by atoms with Crippen LogP contribution in [0.1, 0.15) is 13.3 Å². The molecule has 0 bridgehead atoms. The third-order valence-corrected chi connectivity index (χ3v) is 5.85. The Labute approximate surface area is 157 Å². The van der Waals surface area contributed by atoms with Gasteiger partial charge in [0.15, 0.2) is 16.7 Å². The Bertz CT molecular complexity index is 1060. The third kappa shape index (κ3) is 2.87. The lowest BCUT2D eigenvalue weighted by atomic mass is 9.87. The fourth-order valence-electron chi connectivity index (χ4n) is 3.45. The number of nitriles is 1. The molecule has 1 fully saturated rings. The van der Waals surface area contributed by atoms with E-state index in [9.17, 15) is 14.0 Å². The second-order valence-corrected chi connectivity index (χ2v) is 7.91. The molecule has 3 aromatic heterocycles. The summed E-state index contributed by atoms with van der Waals surface area (Å²) in [7, 11) is 0. The molecule has 0 radical (unpaired) electrons. The van der Waals surface area contributed by atoms with Gasteiger partial charge in [-0.05, 0) is 19.1 Å². The number of rotatable bonds is 5. The molecule has 140 valence electrons. The molecule has 10 nitrogen and oxygen atoms in total. The van der Waals surface area contributed by atoms with Gasteiger partial charge in [0, 0.05) is 36.6 Å². The first-order valence-corrected chi connectivity index (χ1v) is 9.47. The summed E-state index contributed by atoms with van der Waals surface area (Å²) in [5, 5.41) is 17.4. The minimum absolute atomic E-state index is 0.191. The summed E-state index contributed by atoms with van der Waals surface area (Å²) in [5.74, 6) is 0.191. The van der Waals surface area contributed by atoms with Crippen molar-refractivity contribution in [2.75, 3.05) is 18.8 Å². The van der Waals surface area contributed by atoms with Gasteiger partial charge in [0.2, 0.25) is 5.95 Å². The zero-order valence-electron chi connectivity index (χ0n) is 14.6. The van der Waals surface area contributed by atoms with Crippen LogP contribution in [-0.2, 0) is 16.6 Å². The van der Waals surface area contributed by atoms with Crippen LogP contribution in [0.4, 0.5) is 5.95 Å². The highest BCUT2D eigenvalue weighted by Gasteiger charge is 2.48. The fourth-order valence-corrected chi connectivity index (χ4v) is 3.85. The Morgan fingerprint density at radius 3 is 3.00 bits per heavy atom. The number of nitrogen functional groups attached to an aromatic ring is 1. The zero-order valence-corrected chi connectivity index (χ0v) is 15.4. The van der Waals surface area contributed by atoms with Crippen molar-refractivity contribution >= 4 is 22.7 Å². The largest absolute Gasteiger partial charge is 0.366 e. The number of nitrogens with zero attached hydrogens (tertiary/aromatic N) is 7. The third-order valence-electron chi connectivity index (χ3n) is 4.97. The van der Waals surface area contributed by atoms with Crippen LogP contribution < -0.4 is 5.73 Å². The quantitative estimate of drug-likeness (QED) is 0.610. The minimum Gasteiger partial charge on any atom is -0.366 e. The van der Waals surface area contributed by atoms with E-state index in [0.29, 0.717) is 18.7 Å². The molecule has 1 saturated heterocycles. The minimum atomic E-state index is -1.94. The SMILES string of the molecule is CC(N1CC(CC#N)(n2cc(-c3cccn4nc(N)nc34)cn2)C1)S(=O)O. The second kappa shape index (κ2) is 6.41. The number of anilines is 1. The van der Waals surface area contributed by atoms with E-state index in [2.05, 4.69) is 21.3 Å². The van der Waals surface area contributed by atoms with E-state index in [1.807, 2.05) is 23.2 Å². The second-order valence-electron chi connectivity index (χ2n) is 6.67. The van der Waals surface area contributed by atoms with Crippen LogP contribution in [0.25, 0.3) is 16.8 Å². The summed E-state index contributed by atoms with van der Waals surface area (Å²) in [6, 6.07) is 5.97. The van der Waals surface area contributed by atoms with Crippen LogP contribution in [0, 0.1) is 11.3 Å². The van der Waals surface area contributed by atoms with Crippen molar-refractivity contribution in [1.82, 2.24) is 29.3 Å². The van der Waals surface area contributed by atoms with Crippen LogP contribution in [0.2, 0.25) is 0 Å². The lowest BCUT2D eigenvalue weighted by molar-refractivity contribution is -0.00168. The van der Waals surface area contributed by atoms with Crippen molar-refractivity contribution in [1.29, 1.82) is 5.26 Å². The van der Waals surface area contributed by atoms with E-state index in [0.717, 1.165) is 11.1 Å². The van der Waals surface area contributed by atoms with E-state index in [1.54, 1.807) is 28.5 Å². The van der Waals surface area contributed by atoms with Crippen molar-refractivity contribution in [3.8, 4) is 17.2 Å². The van der Waals surface area contributed by atoms with Crippen molar-refractivity contribution in [3.63, 3.8) is 0 Å². The molecule has 0 amide bonds. The maximum Gasteiger partial charge on any atom is 0.240 e. The van der Waals surface area contributed by atoms with Crippen LogP contribution in [0.5, 0.6) is 0 Å². The molecule has 0 spiro atoms. The predicted molar refractivity (Wildman–Crippen MR) is 98.6 cm³/mol. The molecule has 4 heterocycles. The molecule has 2 atom stereocenters. The summed E-state index contributed by atoms with van der Waals surface area (Å²) in [4.78, 5) is 6.13. The molecule has 0 saturated carbocycles. The first kappa shape index (κ1) is 17.6. The number of hydrogen-bond acceptors (Lipinski definition) is 7. The van der Waals surface area contributed by atoms with Gasteiger partial charge in [0.1, 0.15) is 10.9 Å². The molecule has 1 aliphatic rings. The first-order valence-electron chi connectivity index (χ1n) is 8.30. The van der Waals surface area contributed by atoms with E-state index in [-0.39, 0.29) is 12.4 Å². The maximum absolute atomic E-state index is 11.3. The van der Waals surface area contributed by atoms with E-state index in [4.69, 9.17) is 5.73 Å². The molecular weight excluding hydrogens is 368 g/mol. The lowest BCUT2D eigenvalue weighted by Crippen LogP contribution is -2.65. The van der Waals surface area contributed by atoms with Crippen molar-refractivity contribution in [2.24, 2.45) is 0 Å². The number of nitrogens with two attached hydrogens (primary N) is 1. The number of pyridine rings is 1. The topological polar surface area (TPSA) is 138 Å². The number of hydrogen-bond donors (Lipinski definition) is 2. The van der Waals surface area contributed by atoms with Gasteiger partial charge in [-0.1, -0.05) is 0 Å². The molecule has 2 unspecified atom stereocenters. The Balaban J connectivity index is 1.67. The highest BCUT2D eigenvalue weighted by atomic mass is 32.2. The highest BCUT2D eigenvalue weighted by Crippen LogP contribution is 2.35. The van der Waals surface area contributed by atoms with Gasteiger partial charge in [-0.2, -0.15) is 15.3 Å². The first-order chi connectivity index (χ1) is 12.9. The summed E-state index contributed by atoms with van der Waals surface area (Å²) >= 11 is -1.94. The number of aromatic nitrogens is 5. The van der Waals surface area contributed by atoms with Gasteiger partial charge >= 0.3 is 0 Å². The van der Waals surface area contributed by atoms with Crippen LogP contribution in [0.15, 0.2) is 30.7 Å². The zero-order chi connectivity index (χ0) is 19.2. The fraction of sp³-hybridized carbons (Fsp3) is 0.375. The maximum atomic E-state index is 11.3. The van der Waals surface area contributed by atoms with E-state index >= 15 is 0 Å². The Morgan fingerprint density at radius 2 is 2.30 bits per heavy atom. The Kier molecular flexibility index (Phi) is 4.18. The Morgan fingerprint density at radius 1 is 1.52 bits per heavy atom. The number of fused-ring (bicyclic) bond motifs is 1. The normalized spacial score (nSPS) is 18.7. The molecular formula is C16H18N8O2S. The molecule has 3 aromatic rings. The van der Waals surface area contributed by atoms with Crippen molar-refractivity contribution in [2.45, 2.75) is 24.3 Å². The van der Waals surface area contributed by atoms with Gasteiger partial charge in [0.25, 0.3) is 0 Å². The molecule has 1 aliphatic heterocycles. The van der Waals surface area contributed by atoms with Gasteiger partial charge in [-0.3, -0.25) is 9.58 Å². The summed E-state index contributed by atoms with van der Waals surface area (Å²) in [6.07, 6.45) is 5.62. The molecule has 3 N–H and O–H groups in total. The standard InChI is InChI=1S/C16H18N8O2S/c1-11(27(25)26)22-9-16(10-22,4-5-17)24-8-12(7-19-24)13-3-2-6-23-14(13)20-15(18)21-23/h2-3,6-8,11H,4,9-10H2,1H3,(H2,18,21)(H,25,26). The van der Waals surface area contributed by atoms with Crippen LogP contribution in [-0.4, -0.2) is 56.5 Å². The average Bonchev–Trinajstić information content (AvgIpc) is 3.22. The van der Waals surface area contributed by atoms with Crippen LogP contribution in [0.3, 0.4) is 0 Å². The molecule has 11 heteroatoms. The van der Waals surface area contributed by atoms with Crippen molar-refractivity contribution < 1.29 is 8.76 Å². The molecule has 4 rings (SSSR count). The molecule has 0 aromatic carbocycles. The van der Waals surface area contributed by atoms with E-state index < -0.39 is 22.0 Å². The smallest absolute Gasteiger partial charge is 0.240 e. The van der Waals surface area contributed by atoms with Gasteiger partial charge in [-0.15, -0.1) is 5.10 Å². The van der Waals surface area contributed by atoms with Gasteiger partial charge in [0.05, 0.1) is 18.7 Å². The summed E-state index contributed by atoms with van der Waals surface area (Å²) in [5.41, 5.74) is 7.48. The monoisotopic (exact) mass is 386 g/mol. The predicted octanol–water partition coefficient (Wildman–Crippen LogP) is 0.667. The summed E-state index contributed by atoms with van der Waals surface area (Å²) in [6.45, 7) is 2.66. The molecule has 27 heavy (non-hydrogen) atoms. The van der Waals surface area contributed by atoms with Crippen molar-refractivity contribution in [3.05, 3.63) is 30.7 Å². The average molecular weight is 386 g/mol. The lowest BCUT2D eigenvalue weighted by Gasteiger charge is -2.50.